The molecule has 0 aliphatic carbocycles. The summed E-state index contributed by atoms with van der Waals surface area (Å²) < 4.78 is 27.1. The van der Waals surface area contributed by atoms with Gasteiger partial charge in [-0.2, -0.15) is 0 Å². The number of halogens is 2. The molecule has 0 fully saturated rings. The first-order valence-corrected chi connectivity index (χ1v) is 11.4. The van der Waals surface area contributed by atoms with Crippen LogP contribution in [-0.2, 0) is 21.2 Å². The van der Waals surface area contributed by atoms with Crippen molar-refractivity contribution in [3.8, 4) is 0 Å². The van der Waals surface area contributed by atoms with Gasteiger partial charge in [0.15, 0.2) is 0 Å². The molecular weight excluding hydrogens is 443 g/mol. The molecule has 0 atom stereocenters. The Morgan fingerprint density at radius 2 is 1.70 bits per heavy atom. The monoisotopic (exact) mass is 462 g/mol. The molecule has 156 valence electrons. The molecule has 3 aromatic rings. The van der Waals surface area contributed by atoms with E-state index in [1.54, 1.807) is 49.4 Å². The van der Waals surface area contributed by atoms with Crippen molar-refractivity contribution in [2.45, 2.75) is 18.2 Å². The Balaban J connectivity index is 1.72. The predicted molar refractivity (Wildman–Crippen MR) is 121 cm³/mol. The molecule has 3 rings (SSSR count). The van der Waals surface area contributed by atoms with Gasteiger partial charge in [-0.15, -0.1) is 0 Å². The Kier molecular flexibility index (Phi) is 7.15. The van der Waals surface area contributed by atoms with E-state index in [1.807, 2.05) is 18.2 Å². The van der Waals surface area contributed by atoms with Gasteiger partial charge in [-0.1, -0.05) is 53.5 Å². The number of aryl methyl sites for hydroxylation is 1. The van der Waals surface area contributed by atoms with Gasteiger partial charge in [0.25, 0.3) is 0 Å². The van der Waals surface area contributed by atoms with Gasteiger partial charge in [0.2, 0.25) is 15.9 Å². The lowest BCUT2D eigenvalue weighted by Crippen LogP contribution is -2.33. The lowest BCUT2D eigenvalue weighted by Gasteiger charge is -2.13. The minimum absolute atomic E-state index is 0.112. The first-order chi connectivity index (χ1) is 14.2. The number of anilines is 1. The fraction of sp³-hybridized carbons (Fsp3) is 0.136. The first kappa shape index (κ1) is 22.3. The number of hydrogen-bond donors (Lipinski definition) is 2. The topological polar surface area (TPSA) is 75.3 Å². The van der Waals surface area contributed by atoms with Crippen LogP contribution in [0.3, 0.4) is 0 Å². The summed E-state index contributed by atoms with van der Waals surface area (Å²) in [6, 6.07) is 19.0. The van der Waals surface area contributed by atoms with E-state index in [0.29, 0.717) is 22.2 Å². The van der Waals surface area contributed by atoms with Gasteiger partial charge in [-0.05, 0) is 60.0 Å². The second kappa shape index (κ2) is 9.62. The van der Waals surface area contributed by atoms with Crippen molar-refractivity contribution in [1.82, 2.24) is 4.72 Å². The van der Waals surface area contributed by atoms with Gasteiger partial charge in [-0.25, -0.2) is 13.1 Å². The number of rotatable bonds is 7. The average Bonchev–Trinajstić information content (AvgIpc) is 2.70. The minimum atomic E-state index is -3.79. The van der Waals surface area contributed by atoms with Gasteiger partial charge in [0.1, 0.15) is 0 Å². The largest absolute Gasteiger partial charge is 0.325 e. The fourth-order valence-electron chi connectivity index (χ4n) is 2.90. The third-order valence-corrected chi connectivity index (χ3v) is 6.41. The molecule has 0 radical (unpaired) electrons. The molecule has 0 aromatic heterocycles. The van der Waals surface area contributed by atoms with Crippen molar-refractivity contribution in [3.63, 3.8) is 0 Å². The molecule has 0 heterocycles. The van der Waals surface area contributed by atoms with Crippen LogP contribution in [-0.4, -0.2) is 20.9 Å². The molecule has 0 saturated heterocycles. The summed E-state index contributed by atoms with van der Waals surface area (Å²) in [5, 5.41) is 3.88. The summed E-state index contributed by atoms with van der Waals surface area (Å²) in [5.74, 6) is -0.492. The average molecular weight is 463 g/mol. The fourth-order valence-corrected chi connectivity index (χ4v) is 4.38. The molecule has 0 bridgehead atoms. The van der Waals surface area contributed by atoms with E-state index in [0.717, 1.165) is 16.7 Å². The van der Waals surface area contributed by atoms with E-state index in [1.165, 1.54) is 6.07 Å². The highest BCUT2D eigenvalue weighted by atomic mass is 35.5. The Hall–Kier alpha value is -2.38. The molecule has 3 aromatic carbocycles. The molecule has 0 spiro atoms. The molecule has 0 aliphatic rings. The van der Waals surface area contributed by atoms with Crippen molar-refractivity contribution in [3.05, 3.63) is 93.5 Å². The maximum Gasteiger partial charge on any atom is 0.241 e. The second-order valence-corrected chi connectivity index (χ2v) is 9.37. The van der Waals surface area contributed by atoms with Crippen LogP contribution >= 0.6 is 23.2 Å². The van der Waals surface area contributed by atoms with Crippen LogP contribution in [0.4, 0.5) is 5.69 Å². The van der Waals surface area contributed by atoms with Crippen molar-refractivity contribution in [2.24, 2.45) is 0 Å². The Bertz CT molecular complexity index is 1180. The quantitative estimate of drug-likeness (QED) is 0.528. The van der Waals surface area contributed by atoms with Gasteiger partial charge in [0.05, 0.1) is 11.4 Å². The van der Waals surface area contributed by atoms with Crippen molar-refractivity contribution < 1.29 is 13.2 Å². The number of carbonyl (C=O) groups excluding carboxylic acids is 1. The summed E-state index contributed by atoms with van der Waals surface area (Å²) in [4.78, 5) is 12.5. The summed E-state index contributed by atoms with van der Waals surface area (Å²) in [6.45, 7) is 1.40. The zero-order valence-electron chi connectivity index (χ0n) is 16.2. The van der Waals surface area contributed by atoms with Crippen LogP contribution in [0.5, 0.6) is 0 Å². The number of sulfonamides is 1. The van der Waals surface area contributed by atoms with E-state index >= 15 is 0 Å². The SMILES string of the molecule is Cc1cccc(S(=O)(=O)NCC(=O)Nc2ccc(Cl)cc2Cc2ccccc2Cl)c1. The normalized spacial score (nSPS) is 11.3. The van der Waals surface area contributed by atoms with Gasteiger partial charge in [0, 0.05) is 22.2 Å². The molecule has 0 unspecified atom stereocenters. The number of nitrogens with one attached hydrogen (secondary N) is 2. The van der Waals surface area contributed by atoms with Gasteiger partial charge < -0.3 is 5.32 Å². The maximum absolute atomic E-state index is 12.4. The highest BCUT2D eigenvalue weighted by Gasteiger charge is 2.16. The number of benzene rings is 3. The smallest absolute Gasteiger partial charge is 0.241 e. The third-order valence-electron chi connectivity index (χ3n) is 4.40. The van der Waals surface area contributed by atoms with Crippen LogP contribution in [0.15, 0.2) is 71.6 Å². The predicted octanol–water partition coefficient (Wildman–Crippen LogP) is 4.81. The van der Waals surface area contributed by atoms with Crippen LogP contribution in [0.1, 0.15) is 16.7 Å². The molecule has 0 saturated carbocycles. The molecule has 5 nitrogen and oxygen atoms in total. The zero-order valence-corrected chi connectivity index (χ0v) is 18.5. The highest BCUT2D eigenvalue weighted by molar-refractivity contribution is 7.89. The Morgan fingerprint density at radius 1 is 0.933 bits per heavy atom. The standard InChI is InChI=1S/C22H20Cl2N2O3S/c1-15-5-4-7-19(11-15)30(28,29)25-14-22(27)26-21-10-9-18(23)13-17(21)12-16-6-2-3-8-20(16)24/h2-11,13,25H,12,14H2,1H3,(H,26,27). The molecule has 30 heavy (non-hydrogen) atoms. The summed E-state index contributed by atoms with van der Waals surface area (Å²) in [5.41, 5.74) is 3.01. The lowest BCUT2D eigenvalue weighted by atomic mass is 10.0. The van der Waals surface area contributed by atoms with E-state index in [9.17, 15) is 13.2 Å². The summed E-state index contributed by atoms with van der Waals surface area (Å²) in [6.07, 6.45) is 0.463. The van der Waals surface area contributed by atoms with E-state index in [2.05, 4.69) is 10.0 Å². The number of hydrogen-bond acceptors (Lipinski definition) is 3. The van der Waals surface area contributed by atoms with Gasteiger partial charge >= 0.3 is 0 Å². The molecule has 2 N–H and O–H groups in total. The van der Waals surface area contributed by atoms with Crippen molar-refractivity contribution in [1.29, 1.82) is 0 Å². The zero-order chi connectivity index (χ0) is 21.7. The molecule has 8 heteroatoms. The Morgan fingerprint density at radius 3 is 2.43 bits per heavy atom. The first-order valence-electron chi connectivity index (χ1n) is 9.12. The minimum Gasteiger partial charge on any atom is -0.325 e. The van der Waals surface area contributed by atoms with E-state index in [4.69, 9.17) is 23.2 Å². The van der Waals surface area contributed by atoms with E-state index in [-0.39, 0.29) is 4.90 Å². The lowest BCUT2D eigenvalue weighted by molar-refractivity contribution is -0.115. The highest BCUT2D eigenvalue weighted by Crippen LogP contribution is 2.26. The van der Waals surface area contributed by atoms with Crippen LogP contribution in [0, 0.1) is 6.92 Å². The third kappa shape index (κ3) is 5.83. The second-order valence-electron chi connectivity index (χ2n) is 6.76. The van der Waals surface area contributed by atoms with Crippen LogP contribution in [0.2, 0.25) is 10.0 Å². The van der Waals surface area contributed by atoms with Crippen LogP contribution < -0.4 is 10.0 Å². The van der Waals surface area contributed by atoms with Crippen molar-refractivity contribution >= 4 is 44.8 Å². The van der Waals surface area contributed by atoms with Crippen LogP contribution in [0.25, 0.3) is 0 Å². The number of carbonyl (C=O) groups is 1. The summed E-state index contributed by atoms with van der Waals surface area (Å²) in [7, 11) is -3.79. The summed E-state index contributed by atoms with van der Waals surface area (Å²) >= 11 is 12.4. The van der Waals surface area contributed by atoms with Crippen molar-refractivity contribution in [2.75, 3.05) is 11.9 Å². The molecule has 0 aliphatic heterocycles. The number of amides is 1. The molecular formula is C22H20Cl2N2O3S. The van der Waals surface area contributed by atoms with E-state index < -0.39 is 22.5 Å². The van der Waals surface area contributed by atoms with Gasteiger partial charge in [-0.3, -0.25) is 4.79 Å². The maximum atomic E-state index is 12.4. The Labute approximate surface area is 186 Å². The molecule has 1 amide bonds.